The second kappa shape index (κ2) is 8.42. The maximum Gasteiger partial charge on any atom is 0.244 e. The van der Waals surface area contributed by atoms with Crippen molar-refractivity contribution >= 4 is 21.8 Å². The van der Waals surface area contributed by atoms with Crippen LogP contribution in [-0.4, -0.2) is 30.9 Å². The van der Waals surface area contributed by atoms with Gasteiger partial charge in [-0.05, 0) is 37.2 Å². The van der Waals surface area contributed by atoms with Crippen molar-refractivity contribution in [2.75, 3.05) is 20.1 Å². The average molecular weight is 390 g/mol. The van der Waals surface area contributed by atoms with Crippen LogP contribution in [-0.2, 0) is 16.9 Å². The van der Waals surface area contributed by atoms with E-state index in [0.717, 1.165) is 23.1 Å². The van der Waals surface area contributed by atoms with Gasteiger partial charge >= 0.3 is 0 Å². The van der Waals surface area contributed by atoms with Crippen molar-refractivity contribution in [1.29, 1.82) is 0 Å². The van der Waals surface area contributed by atoms with E-state index in [4.69, 9.17) is 5.73 Å². The van der Waals surface area contributed by atoms with Crippen molar-refractivity contribution in [2.24, 2.45) is 5.73 Å². The van der Waals surface area contributed by atoms with E-state index in [-0.39, 0.29) is 5.91 Å². The number of amides is 1. The maximum absolute atomic E-state index is 12.4. The summed E-state index contributed by atoms with van der Waals surface area (Å²) in [4.78, 5) is 14.6. The predicted molar refractivity (Wildman–Crippen MR) is 101 cm³/mol. The molecule has 0 saturated heterocycles. The molecule has 0 radical (unpaired) electrons. The number of halogens is 1. The second-order valence-electron chi connectivity index (χ2n) is 6.19. The summed E-state index contributed by atoms with van der Waals surface area (Å²) in [5.41, 5.74) is 7.24. The number of nitrogens with zero attached hydrogens (tertiary/aromatic N) is 1. The highest BCUT2D eigenvalue weighted by molar-refractivity contribution is 9.10. The zero-order valence-electron chi connectivity index (χ0n) is 14.1. The molecule has 128 valence electrons. The third-order valence-corrected chi connectivity index (χ3v) is 4.52. The first-order valence-corrected chi connectivity index (χ1v) is 8.74. The molecule has 0 aliphatic rings. The van der Waals surface area contributed by atoms with E-state index in [0.29, 0.717) is 6.54 Å². The van der Waals surface area contributed by atoms with Gasteiger partial charge in [0.1, 0.15) is 5.54 Å². The Bertz CT molecular complexity index is 656. The lowest BCUT2D eigenvalue weighted by Gasteiger charge is -2.25. The smallest absolute Gasteiger partial charge is 0.244 e. The summed E-state index contributed by atoms with van der Waals surface area (Å²) in [6.07, 6.45) is 0. The van der Waals surface area contributed by atoms with Crippen LogP contribution in [0.25, 0.3) is 0 Å². The molecule has 0 fully saturated rings. The quantitative estimate of drug-likeness (QED) is 0.765. The number of hydrogen-bond acceptors (Lipinski definition) is 3. The Morgan fingerprint density at radius 2 is 1.79 bits per heavy atom. The summed E-state index contributed by atoms with van der Waals surface area (Å²) < 4.78 is 0.963. The summed E-state index contributed by atoms with van der Waals surface area (Å²) in [6.45, 7) is 3.91. The fourth-order valence-corrected chi connectivity index (χ4v) is 2.71. The van der Waals surface area contributed by atoms with E-state index in [2.05, 4.69) is 38.3 Å². The molecule has 1 unspecified atom stereocenters. The van der Waals surface area contributed by atoms with Gasteiger partial charge in [-0.25, -0.2) is 0 Å². The lowest BCUT2D eigenvalue weighted by molar-refractivity contribution is -0.126. The molecule has 5 heteroatoms. The molecule has 1 atom stereocenters. The lowest BCUT2D eigenvalue weighted by atomic mass is 9.92. The van der Waals surface area contributed by atoms with Crippen molar-refractivity contribution in [3.63, 3.8) is 0 Å². The number of likely N-dealkylation sites (N-methyl/N-ethyl adjacent to an activating group) is 1. The van der Waals surface area contributed by atoms with E-state index >= 15 is 0 Å². The molecule has 0 bridgehead atoms. The first-order valence-electron chi connectivity index (χ1n) is 7.95. The first kappa shape index (κ1) is 18.6. The summed E-state index contributed by atoms with van der Waals surface area (Å²) in [7, 11) is 2.04. The van der Waals surface area contributed by atoms with Gasteiger partial charge in [-0.15, -0.1) is 0 Å². The third kappa shape index (κ3) is 5.16. The van der Waals surface area contributed by atoms with Crippen molar-refractivity contribution in [2.45, 2.75) is 19.0 Å². The molecule has 2 aromatic rings. The number of nitrogens with one attached hydrogen (secondary N) is 1. The summed E-state index contributed by atoms with van der Waals surface area (Å²) >= 11 is 3.39. The van der Waals surface area contributed by atoms with E-state index in [1.54, 1.807) is 6.92 Å². The Morgan fingerprint density at radius 1 is 1.17 bits per heavy atom. The van der Waals surface area contributed by atoms with Crippen LogP contribution in [0.15, 0.2) is 59.1 Å². The molecule has 0 heterocycles. The summed E-state index contributed by atoms with van der Waals surface area (Å²) in [6, 6.07) is 17.8. The standard InChI is InChI=1S/C19H24BrN3O/c1-19(21,16-8-10-17(20)11-9-16)18(24)22-12-13-23(2)14-15-6-4-3-5-7-15/h3-11H,12-14,21H2,1-2H3,(H,22,24). The second-order valence-corrected chi connectivity index (χ2v) is 7.10. The minimum Gasteiger partial charge on any atom is -0.353 e. The van der Waals surface area contributed by atoms with Gasteiger partial charge in [-0.3, -0.25) is 4.79 Å². The number of benzene rings is 2. The molecule has 0 aliphatic carbocycles. The predicted octanol–water partition coefficient (Wildman–Crippen LogP) is 2.87. The largest absolute Gasteiger partial charge is 0.353 e. The molecule has 0 aromatic heterocycles. The zero-order valence-corrected chi connectivity index (χ0v) is 15.7. The number of rotatable bonds is 7. The van der Waals surface area contributed by atoms with Gasteiger partial charge in [-0.2, -0.15) is 0 Å². The van der Waals surface area contributed by atoms with E-state index in [1.165, 1.54) is 5.56 Å². The molecule has 1 amide bonds. The van der Waals surface area contributed by atoms with Gasteiger partial charge in [-0.1, -0.05) is 58.4 Å². The Kier molecular flexibility index (Phi) is 6.54. The normalized spacial score (nSPS) is 13.5. The van der Waals surface area contributed by atoms with Gasteiger partial charge in [0.2, 0.25) is 5.91 Å². The molecule has 2 rings (SSSR count). The fourth-order valence-electron chi connectivity index (χ4n) is 2.45. The summed E-state index contributed by atoms with van der Waals surface area (Å²) in [5.74, 6) is -0.169. The number of carbonyl (C=O) groups excluding carboxylic acids is 1. The highest BCUT2D eigenvalue weighted by Crippen LogP contribution is 2.20. The van der Waals surface area contributed by atoms with Crippen molar-refractivity contribution in [3.05, 3.63) is 70.2 Å². The molecule has 2 aromatic carbocycles. The molecule has 0 aliphatic heterocycles. The van der Waals surface area contributed by atoms with Gasteiger partial charge < -0.3 is 16.0 Å². The van der Waals surface area contributed by atoms with Crippen LogP contribution in [0.2, 0.25) is 0 Å². The highest BCUT2D eigenvalue weighted by Gasteiger charge is 2.30. The molecule has 0 spiro atoms. The molecular formula is C19H24BrN3O. The van der Waals surface area contributed by atoms with Crippen LogP contribution >= 0.6 is 15.9 Å². The Labute approximate surface area is 152 Å². The molecule has 3 N–H and O–H groups in total. The minimum atomic E-state index is -1.04. The van der Waals surface area contributed by atoms with Crippen LogP contribution in [0.5, 0.6) is 0 Å². The fraction of sp³-hybridized carbons (Fsp3) is 0.316. The lowest BCUT2D eigenvalue weighted by Crippen LogP contribution is -2.50. The van der Waals surface area contributed by atoms with E-state index < -0.39 is 5.54 Å². The van der Waals surface area contributed by atoms with Gasteiger partial charge in [0.05, 0.1) is 0 Å². The first-order chi connectivity index (χ1) is 11.4. The van der Waals surface area contributed by atoms with Crippen LogP contribution in [0.1, 0.15) is 18.1 Å². The monoisotopic (exact) mass is 389 g/mol. The maximum atomic E-state index is 12.4. The molecule has 24 heavy (non-hydrogen) atoms. The van der Waals surface area contributed by atoms with Crippen LogP contribution in [0, 0.1) is 0 Å². The van der Waals surface area contributed by atoms with E-state index in [1.807, 2.05) is 49.5 Å². The van der Waals surface area contributed by atoms with E-state index in [9.17, 15) is 4.79 Å². The van der Waals surface area contributed by atoms with Gasteiger partial charge in [0.15, 0.2) is 0 Å². The van der Waals surface area contributed by atoms with Crippen molar-refractivity contribution < 1.29 is 4.79 Å². The number of nitrogens with two attached hydrogens (primary N) is 1. The van der Waals surface area contributed by atoms with Crippen LogP contribution in [0.4, 0.5) is 0 Å². The topological polar surface area (TPSA) is 58.4 Å². The SMILES string of the molecule is CN(CCNC(=O)C(C)(N)c1ccc(Br)cc1)Cc1ccccc1. The Hall–Kier alpha value is -1.69. The third-order valence-electron chi connectivity index (χ3n) is 3.99. The Morgan fingerprint density at radius 3 is 2.42 bits per heavy atom. The molecule has 4 nitrogen and oxygen atoms in total. The number of carbonyl (C=O) groups is 1. The average Bonchev–Trinajstić information content (AvgIpc) is 2.56. The summed E-state index contributed by atoms with van der Waals surface area (Å²) in [5, 5.41) is 2.94. The van der Waals surface area contributed by atoms with Crippen molar-refractivity contribution in [3.8, 4) is 0 Å². The highest BCUT2D eigenvalue weighted by atomic mass is 79.9. The van der Waals surface area contributed by atoms with Gasteiger partial charge in [0.25, 0.3) is 0 Å². The molecule has 0 saturated carbocycles. The number of hydrogen-bond donors (Lipinski definition) is 2. The van der Waals surface area contributed by atoms with Crippen LogP contribution in [0.3, 0.4) is 0 Å². The zero-order chi connectivity index (χ0) is 17.6. The minimum absolute atomic E-state index is 0.169. The molecular weight excluding hydrogens is 366 g/mol. The van der Waals surface area contributed by atoms with Crippen LogP contribution < -0.4 is 11.1 Å². The Balaban J connectivity index is 1.82. The van der Waals surface area contributed by atoms with Gasteiger partial charge in [0, 0.05) is 24.1 Å². The van der Waals surface area contributed by atoms with Crippen molar-refractivity contribution in [1.82, 2.24) is 10.2 Å².